The van der Waals surface area contributed by atoms with Gasteiger partial charge in [0.2, 0.25) is 6.29 Å². The number of aliphatic hydroxyl groups excluding tert-OH is 2. The molecule has 0 saturated carbocycles. The zero-order valence-electron chi connectivity index (χ0n) is 32.7. The predicted octanol–water partition coefficient (Wildman–Crippen LogP) is 1.77. The average molecular weight is 850 g/mol. The number of amides is 1. The van der Waals surface area contributed by atoms with E-state index < -0.39 is 94.2 Å². The smallest absolute Gasteiger partial charge is 0.408 e. The van der Waals surface area contributed by atoms with Crippen LogP contribution in [0.4, 0.5) is 14.9 Å². The molecule has 7 N–H and O–H groups in total. The Morgan fingerprint density at radius 2 is 1.93 bits per heavy atom. The van der Waals surface area contributed by atoms with Crippen LogP contribution in [0.5, 0.6) is 5.75 Å². The van der Waals surface area contributed by atoms with E-state index in [1.807, 2.05) is 0 Å². The number of hydrogen-bond donors (Lipinski definition) is 6. The third kappa shape index (κ3) is 6.64. The number of rotatable bonds is 10. The first kappa shape index (κ1) is 41.6. The Hall–Kier alpha value is -6.10. The highest BCUT2D eigenvalue weighted by Gasteiger charge is 2.50. The van der Waals surface area contributed by atoms with Crippen LogP contribution in [-0.2, 0) is 53.7 Å². The van der Waals surface area contributed by atoms with Crippen molar-refractivity contribution in [3.05, 3.63) is 95.6 Å². The molecule has 322 valence electrons. The summed E-state index contributed by atoms with van der Waals surface area (Å²) >= 11 is 0. The van der Waals surface area contributed by atoms with Gasteiger partial charge in [-0.15, -0.1) is 0 Å². The number of ether oxygens (including phenoxy) is 5. The summed E-state index contributed by atoms with van der Waals surface area (Å²) in [7, 11) is 1.10. The monoisotopic (exact) mass is 849 g/mol. The molecule has 20 nitrogen and oxygen atoms in total. The predicted molar refractivity (Wildman–Crippen MR) is 205 cm³/mol. The highest BCUT2D eigenvalue weighted by atomic mass is 19.1. The van der Waals surface area contributed by atoms with Crippen molar-refractivity contribution in [2.75, 3.05) is 13.7 Å². The lowest BCUT2D eigenvalue weighted by Crippen LogP contribution is -2.61. The number of nitro groups is 1. The van der Waals surface area contributed by atoms with Crippen LogP contribution in [0.15, 0.2) is 35.1 Å². The molecular weight excluding hydrogens is 809 g/mol. The fourth-order valence-corrected chi connectivity index (χ4v) is 8.75. The number of fused-ring (bicyclic) bond motifs is 5. The van der Waals surface area contributed by atoms with Gasteiger partial charge in [0.15, 0.2) is 17.5 Å². The van der Waals surface area contributed by atoms with Gasteiger partial charge in [-0.05, 0) is 55.0 Å². The van der Waals surface area contributed by atoms with Crippen LogP contribution < -0.4 is 21.3 Å². The maximum atomic E-state index is 15.4. The van der Waals surface area contributed by atoms with Gasteiger partial charge in [0.25, 0.3) is 5.56 Å². The van der Waals surface area contributed by atoms with Gasteiger partial charge in [0.05, 0.1) is 40.0 Å². The number of cyclic esters (lactones) is 1. The van der Waals surface area contributed by atoms with Crippen LogP contribution in [0.2, 0.25) is 0 Å². The molecule has 3 unspecified atom stereocenters. The number of nitrogens with two attached hydrogens (primary N) is 1. The van der Waals surface area contributed by atoms with Crippen LogP contribution in [-0.4, -0.2) is 97.3 Å². The summed E-state index contributed by atoms with van der Waals surface area (Å²) in [5, 5.41) is 57.6. The molecule has 4 aromatic rings. The van der Waals surface area contributed by atoms with E-state index >= 15 is 4.39 Å². The number of nitrogens with one attached hydrogen (secondary N) is 1. The zero-order chi connectivity index (χ0) is 43.8. The van der Waals surface area contributed by atoms with E-state index in [0.29, 0.717) is 39.8 Å². The molecule has 8 atom stereocenters. The molecular formula is C40H40FN5O15. The zero-order valence-corrected chi connectivity index (χ0v) is 32.7. The number of carbonyl (C=O) groups excluding carboxylic acids is 2. The highest BCUT2D eigenvalue weighted by molar-refractivity contribution is 5.93. The second-order valence-corrected chi connectivity index (χ2v) is 15.2. The van der Waals surface area contributed by atoms with Crippen molar-refractivity contribution in [1.82, 2.24) is 14.9 Å². The summed E-state index contributed by atoms with van der Waals surface area (Å²) in [5.41, 5.74) is 5.98. The Labute approximate surface area is 343 Å². The van der Waals surface area contributed by atoms with E-state index in [4.69, 9.17) is 34.4 Å². The van der Waals surface area contributed by atoms with E-state index in [-0.39, 0.29) is 60.4 Å². The van der Waals surface area contributed by atoms with E-state index in [1.54, 1.807) is 13.8 Å². The Morgan fingerprint density at radius 1 is 1.18 bits per heavy atom. The molecule has 21 heteroatoms. The quantitative estimate of drug-likeness (QED) is 0.0663. The van der Waals surface area contributed by atoms with Gasteiger partial charge in [-0.2, -0.15) is 0 Å². The molecule has 61 heavy (non-hydrogen) atoms. The van der Waals surface area contributed by atoms with Crippen LogP contribution in [0, 0.1) is 22.9 Å². The molecule has 0 radical (unpaired) electrons. The molecule has 0 bridgehead atoms. The lowest BCUT2D eigenvalue weighted by Gasteiger charge is -2.39. The number of hydrogen-bond acceptors (Lipinski definition) is 16. The van der Waals surface area contributed by atoms with Crippen molar-refractivity contribution < 1.29 is 67.8 Å². The first-order chi connectivity index (χ1) is 29.0. The molecule has 4 aliphatic rings. The Kier molecular flexibility index (Phi) is 10.5. The van der Waals surface area contributed by atoms with Crippen molar-refractivity contribution in [2.24, 2.45) is 5.73 Å². The number of pyridine rings is 2. The maximum absolute atomic E-state index is 15.4. The van der Waals surface area contributed by atoms with Crippen LogP contribution >= 0.6 is 0 Å². The number of carboxylic acids is 1. The number of methoxy groups -OCH3 is 1. The van der Waals surface area contributed by atoms with Gasteiger partial charge in [0, 0.05) is 47.9 Å². The second kappa shape index (κ2) is 15.4. The number of aliphatic carboxylic acids is 1. The average Bonchev–Trinajstić information content (AvgIpc) is 3.61. The number of halogens is 1. The summed E-state index contributed by atoms with van der Waals surface area (Å²) in [6.07, 6.45) is -10.5. The Morgan fingerprint density at radius 3 is 2.61 bits per heavy atom. The molecule has 1 fully saturated rings. The first-order valence-electron chi connectivity index (χ1n) is 19.2. The van der Waals surface area contributed by atoms with Crippen LogP contribution in [0.3, 0.4) is 0 Å². The minimum atomic E-state index is -2.08. The highest BCUT2D eigenvalue weighted by Crippen LogP contribution is 2.46. The minimum absolute atomic E-state index is 0.00797. The third-order valence-corrected chi connectivity index (χ3v) is 12.0. The molecule has 0 spiro atoms. The SMILES string of the molecule is CC[C@@]1(O)C(=O)OCc2c1cc1n(c2=O)Cc2c-1nc1cc(F)c(C)c3c1c2[C@@H](NC(=O)OC(CN)c1ccc(O[C@@H]2OC(C(=O)O)[C@@H](OC)[C@H](O)C2O)c([N+](=O)[O-])c1)CC3. The Balaban J connectivity index is 1.10. The molecule has 1 aliphatic carbocycles. The number of nitro benzene ring substituents is 1. The number of aryl methyl sites for hydroxylation is 1. The number of carboxylic acid groups (broad SMARTS) is 1. The van der Waals surface area contributed by atoms with Crippen LogP contribution in [0.25, 0.3) is 22.3 Å². The number of nitrogens with zero attached hydrogens (tertiary/aromatic N) is 3. The molecule has 1 amide bonds. The molecule has 2 aromatic carbocycles. The van der Waals surface area contributed by atoms with Crippen molar-refractivity contribution in [3.8, 4) is 17.1 Å². The third-order valence-electron chi connectivity index (χ3n) is 12.0. The molecule has 5 heterocycles. The summed E-state index contributed by atoms with van der Waals surface area (Å²) in [4.78, 5) is 68.4. The first-order valence-corrected chi connectivity index (χ1v) is 19.2. The van der Waals surface area contributed by atoms with Gasteiger partial charge in [-0.25, -0.2) is 23.8 Å². The maximum Gasteiger partial charge on any atom is 0.408 e. The van der Waals surface area contributed by atoms with Gasteiger partial charge in [-0.3, -0.25) is 14.9 Å². The number of aliphatic hydroxyl groups is 3. The molecule has 2 aromatic heterocycles. The van der Waals surface area contributed by atoms with E-state index in [1.165, 1.54) is 22.8 Å². The largest absolute Gasteiger partial charge is 0.479 e. The minimum Gasteiger partial charge on any atom is -0.479 e. The second-order valence-electron chi connectivity index (χ2n) is 15.2. The van der Waals surface area contributed by atoms with Crippen molar-refractivity contribution in [3.63, 3.8) is 0 Å². The topological polar surface area (TPSA) is 294 Å². The van der Waals surface area contributed by atoms with E-state index in [2.05, 4.69) is 5.32 Å². The molecule has 3 aliphatic heterocycles. The van der Waals surface area contributed by atoms with Gasteiger partial charge in [-0.1, -0.05) is 13.0 Å². The number of alkyl carbamates (subject to hydrolysis) is 1. The summed E-state index contributed by atoms with van der Waals surface area (Å²) in [6, 6.07) is 5.43. The number of esters is 1. The van der Waals surface area contributed by atoms with E-state index in [9.17, 15) is 49.7 Å². The van der Waals surface area contributed by atoms with Crippen molar-refractivity contribution >= 4 is 34.6 Å². The summed E-state index contributed by atoms with van der Waals surface area (Å²) < 4.78 is 43.5. The van der Waals surface area contributed by atoms with E-state index in [0.717, 1.165) is 19.2 Å². The van der Waals surface area contributed by atoms with Gasteiger partial charge >= 0.3 is 23.7 Å². The number of benzene rings is 2. The summed E-state index contributed by atoms with van der Waals surface area (Å²) in [6.45, 7) is 2.52. The van der Waals surface area contributed by atoms with Gasteiger partial charge < -0.3 is 59.7 Å². The summed E-state index contributed by atoms with van der Waals surface area (Å²) in [5.74, 6) is -3.42. The fourth-order valence-electron chi connectivity index (χ4n) is 8.75. The van der Waals surface area contributed by atoms with Gasteiger partial charge in [0.1, 0.15) is 36.8 Å². The number of carbonyl (C=O) groups is 3. The lowest BCUT2D eigenvalue weighted by atomic mass is 9.81. The van der Waals surface area contributed by atoms with Crippen molar-refractivity contribution in [2.45, 2.75) is 94.7 Å². The number of aromatic nitrogens is 2. The van der Waals surface area contributed by atoms with Crippen LogP contribution in [0.1, 0.15) is 70.9 Å². The molecule has 1 saturated heterocycles. The lowest BCUT2D eigenvalue weighted by molar-refractivity contribution is -0.387. The normalized spacial score (nSPS) is 25.5. The van der Waals surface area contributed by atoms with Crippen molar-refractivity contribution in [1.29, 1.82) is 0 Å². The fraction of sp³-hybridized carbons (Fsp3) is 0.425. The molecule has 8 rings (SSSR count). The standard InChI is InChI=1S/C40H40FN5O15/c1-4-40(54)20-10-25-30-18(13-45(25)35(49)19(20)14-58-38(40)52)29-22(7-6-17-15(2)21(41)11-23(43-30)28(17)29)44-39(53)60-27(12-42)16-5-8-26(24(9-16)46(55)56)59-37-32(48)31(47)33(57-3)34(61-37)36(50)51/h5,8-11,22,27,31-34,37,47-48,54H,4,6-7,12-14,42H2,1-3H3,(H,44,53)(H,50,51)/t22-,27?,31+,32?,33-,34?,37+,40-/m0/s1. The Bertz CT molecular complexity index is 2600.